The van der Waals surface area contributed by atoms with Crippen LogP contribution in [0.25, 0.3) is 0 Å². The number of carbonyl (C=O) groups is 2. The van der Waals surface area contributed by atoms with Crippen molar-refractivity contribution in [2.24, 2.45) is 22.9 Å². The lowest BCUT2D eigenvalue weighted by molar-refractivity contribution is -0.256. The zero-order valence-corrected chi connectivity index (χ0v) is 34.8. The molecule has 1 amide bonds. The molecule has 2 aliphatic heterocycles. The van der Waals surface area contributed by atoms with Crippen LogP contribution < -0.4 is 9.47 Å². The van der Waals surface area contributed by atoms with Gasteiger partial charge in [-0.2, -0.15) is 0 Å². The highest BCUT2D eigenvalue weighted by atomic mass is 16.8. The SMILES string of the molecule is C=CCOC12Oc3ccc(Oc4cccc(C=O)c4)cc3C3C(CCCCO)C(CCCCO)C=C(C(=NOC4CCCCO4)CC1N(CCOCCO)C(=O)OCC)C32. The number of fused-ring (bicyclic) bond motifs is 2. The maximum absolute atomic E-state index is 14.2. The Kier molecular flexibility index (Phi) is 17.0. The van der Waals surface area contributed by atoms with Gasteiger partial charge in [-0.1, -0.05) is 42.3 Å². The number of oxime groups is 1. The van der Waals surface area contributed by atoms with E-state index < -0.39 is 30.1 Å². The molecule has 14 nitrogen and oxygen atoms in total. The first-order chi connectivity index (χ1) is 29.4. The summed E-state index contributed by atoms with van der Waals surface area (Å²) in [5.41, 5.74) is 2.90. The first-order valence-corrected chi connectivity index (χ1v) is 21.6. The highest BCUT2D eigenvalue weighted by molar-refractivity contribution is 6.03. The van der Waals surface area contributed by atoms with Gasteiger partial charge in [-0.3, -0.25) is 9.69 Å². The van der Waals surface area contributed by atoms with Crippen molar-refractivity contribution in [2.75, 3.05) is 59.4 Å². The van der Waals surface area contributed by atoms with Crippen molar-refractivity contribution in [1.82, 2.24) is 4.90 Å². The van der Waals surface area contributed by atoms with Crippen LogP contribution in [0.15, 0.2) is 71.9 Å². The van der Waals surface area contributed by atoms with Crippen LogP contribution in [0.3, 0.4) is 0 Å². The molecule has 2 heterocycles. The van der Waals surface area contributed by atoms with E-state index in [1.165, 1.54) is 0 Å². The van der Waals surface area contributed by atoms with Gasteiger partial charge in [0.25, 0.3) is 0 Å². The molecule has 0 aromatic heterocycles. The van der Waals surface area contributed by atoms with Gasteiger partial charge in [-0.25, -0.2) is 4.79 Å². The normalized spacial score (nSPS) is 26.2. The van der Waals surface area contributed by atoms with Crippen molar-refractivity contribution < 1.29 is 58.2 Å². The Morgan fingerprint density at radius 3 is 2.57 bits per heavy atom. The summed E-state index contributed by atoms with van der Waals surface area (Å²) in [4.78, 5) is 33.6. The highest BCUT2D eigenvalue weighted by Gasteiger charge is 2.65. The number of aldehydes is 1. The van der Waals surface area contributed by atoms with E-state index in [1.54, 1.807) is 42.2 Å². The van der Waals surface area contributed by atoms with Gasteiger partial charge in [0.15, 0.2) is 0 Å². The molecule has 3 N–H and O–H groups in total. The Morgan fingerprint density at radius 1 is 1.02 bits per heavy atom. The lowest BCUT2D eigenvalue weighted by atomic mass is 9.55. The van der Waals surface area contributed by atoms with Crippen molar-refractivity contribution in [3.8, 4) is 17.2 Å². The fourth-order valence-corrected chi connectivity index (χ4v) is 9.33. The number of aliphatic hydroxyl groups excluding tert-OH is 3. The number of allylic oxidation sites excluding steroid dienone is 1. The van der Waals surface area contributed by atoms with Crippen LogP contribution in [0.4, 0.5) is 4.79 Å². The number of carbonyl (C=O) groups excluding carboxylic acids is 2. The van der Waals surface area contributed by atoms with Crippen LogP contribution in [0.5, 0.6) is 17.2 Å². The molecule has 1 saturated heterocycles. The van der Waals surface area contributed by atoms with Gasteiger partial charge in [0, 0.05) is 49.6 Å². The molecule has 0 radical (unpaired) electrons. The minimum atomic E-state index is -1.49. The average molecular weight is 835 g/mol. The van der Waals surface area contributed by atoms with Crippen molar-refractivity contribution in [3.63, 3.8) is 0 Å². The molecule has 14 heteroatoms. The Balaban J connectivity index is 1.57. The standard InChI is InChI=1S/C46H62N2O12/c1-3-23-57-46-41(48(45(53)55-4-2)19-25-54-26-22-51)30-39(47-60-42-16-7-10-24-56-42)37-28-33(13-5-8-20-49)36(15-6-9-21-50)43(44(37)46)38-29-35(17-18-40(38)59-46)58-34-14-11-12-32(27-34)31-52/h3,11-12,14,17-18,27-29,31,33,36,41-44,49-51H,1,4-10,13,15-16,19-26,30H2,2H3. The summed E-state index contributed by atoms with van der Waals surface area (Å²) in [6, 6.07) is 11.8. The fourth-order valence-electron chi connectivity index (χ4n) is 9.33. The van der Waals surface area contributed by atoms with E-state index in [0.29, 0.717) is 54.4 Å². The second kappa shape index (κ2) is 22.5. The minimum Gasteiger partial charge on any atom is -0.459 e. The Morgan fingerprint density at radius 2 is 1.83 bits per heavy atom. The molecular formula is C46H62N2O12. The molecular weight excluding hydrogens is 773 g/mol. The third-order valence-electron chi connectivity index (χ3n) is 11.9. The van der Waals surface area contributed by atoms with Crippen molar-refractivity contribution in [2.45, 2.75) is 95.2 Å². The summed E-state index contributed by atoms with van der Waals surface area (Å²) in [7, 11) is 0. The largest absolute Gasteiger partial charge is 0.459 e. The fraction of sp³-hybridized carbons (Fsp3) is 0.587. The molecule has 60 heavy (non-hydrogen) atoms. The molecule has 0 bridgehead atoms. The van der Waals surface area contributed by atoms with E-state index in [0.717, 1.165) is 55.9 Å². The lowest BCUT2D eigenvalue weighted by Crippen LogP contribution is -2.70. The predicted octanol–water partition coefficient (Wildman–Crippen LogP) is 6.92. The van der Waals surface area contributed by atoms with Crippen LogP contribution in [-0.4, -0.2) is 116 Å². The summed E-state index contributed by atoms with van der Waals surface area (Å²) < 4.78 is 38.1. The van der Waals surface area contributed by atoms with E-state index in [4.69, 9.17) is 38.4 Å². The average Bonchev–Trinajstić information content (AvgIpc) is 3.27. The molecule has 2 aromatic carbocycles. The second-order valence-electron chi connectivity index (χ2n) is 15.7. The molecule has 2 aliphatic carbocycles. The number of amides is 1. The predicted molar refractivity (Wildman–Crippen MR) is 223 cm³/mol. The van der Waals surface area contributed by atoms with Gasteiger partial charge in [-0.05, 0) is 93.2 Å². The zero-order chi connectivity index (χ0) is 42.3. The highest BCUT2D eigenvalue weighted by Crippen LogP contribution is 2.62. The molecule has 1 saturated carbocycles. The monoisotopic (exact) mass is 834 g/mol. The van der Waals surface area contributed by atoms with Gasteiger partial charge in [-0.15, -0.1) is 6.58 Å². The van der Waals surface area contributed by atoms with Gasteiger partial charge >= 0.3 is 6.09 Å². The summed E-state index contributed by atoms with van der Waals surface area (Å²) >= 11 is 0. The minimum absolute atomic E-state index is 0.00137. The number of hydrogen-bond donors (Lipinski definition) is 3. The van der Waals surface area contributed by atoms with E-state index >= 15 is 0 Å². The first kappa shape index (κ1) is 45.2. The van der Waals surface area contributed by atoms with Gasteiger partial charge in [0.1, 0.15) is 29.6 Å². The summed E-state index contributed by atoms with van der Waals surface area (Å²) in [5, 5.41) is 34.2. The smallest absolute Gasteiger partial charge is 0.410 e. The molecule has 4 aliphatic rings. The molecule has 2 aromatic rings. The van der Waals surface area contributed by atoms with Crippen LogP contribution in [0.1, 0.15) is 93.0 Å². The first-order valence-electron chi connectivity index (χ1n) is 21.6. The Bertz CT molecular complexity index is 1780. The molecule has 6 rings (SSSR count). The molecule has 7 unspecified atom stereocenters. The van der Waals surface area contributed by atoms with Crippen LogP contribution >= 0.6 is 0 Å². The lowest BCUT2D eigenvalue weighted by Gasteiger charge is -2.59. The molecule has 7 atom stereocenters. The van der Waals surface area contributed by atoms with E-state index in [-0.39, 0.29) is 77.0 Å². The van der Waals surface area contributed by atoms with Crippen LogP contribution in [0, 0.1) is 17.8 Å². The quantitative estimate of drug-likeness (QED) is 0.0457. The third-order valence-corrected chi connectivity index (χ3v) is 11.9. The summed E-state index contributed by atoms with van der Waals surface area (Å²) in [6.45, 7) is 6.84. The maximum Gasteiger partial charge on any atom is 0.410 e. The van der Waals surface area contributed by atoms with Crippen molar-refractivity contribution in [1.29, 1.82) is 0 Å². The summed E-state index contributed by atoms with van der Waals surface area (Å²) in [6.07, 6.45) is 10.8. The number of rotatable bonds is 23. The Hall–Kier alpha value is -4.31. The maximum atomic E-state index is 14.2. The van der Waals surface area contributed by atoms with Gasteiger partial charge in [0.2, 0.25) is 12.1 Å². The molecule has 0 spiro atoms. The van der Waals surface area contributed by atoms with E-state index in [1.807, 2.05) is 18.2 Å². The number of aliphatic hydroxyl groups is 3. The number of unbranched alkanes of at least 4 members (excludes halogenated alkanes) is 2. The van der Waals surface area contributed by atoms with Gasteiger partial charge < -0.3 is 48.6 Å². The van der Waals surface area contributed by atoms with Gasteiger partial charge in [0.05, 0.1) is 51.3 Å². The second-order valence-corrected chi connectivity index (χ2v) is 15.7. The van der Waals surface area contributed by atoms with Crippen molar-refractivity contribution in [3.05, 3.63) is 77.9 Å². The van der Waals surface area contributed by atoms with Crippen molar-refractivity contribution >= 4 is 18.1 Å². The number of hydrogen-bond acceptors (Lipinski definition) is 13. The Labute approximate surface area is 353 Å². The zero-order valence-electron chi connectivity index (χ0n) is 34.8. The van der Waals surface area contributed by atoms with E-state index in [9.17, 15) is 24.9 Å². The molecule has 328 valence electrons. The topological polar surface area (TPSA) is 175 Å². The number of nitrogens with zero attached hydrogens (tertiary/aromatic N) is 2. The van der Waals surface area contributed by atoms with Crippen LogP contribution in [-0.2, 0) is 23.8 Å². The molecule has 2 fully saturated rings. The van der Waals surface area contributed by atoms with Crippen LogP contribution in [0.2, 0.25) is 0 Å². The summed E-state index contributed by atoms with van der Waals surface area (Å²) in [5.74, 6) is -0.667. The number of benzene rings is 2. The third kappa shape index (κ3) is 10.6. The van der Waals surface area contributed by atoms with E-state index in [2.05, 4.69) is 12.7 Å². The number of ether oxygens (including phenoxy) is 6.